The van der Waals surface area contributed by atoms with Gasteiger partial charge in [0, 0.05) is 37.6 Å². The van der Waals surface area contributed by atoms with Gasteiger partial charge in [-0.25, -0.2) is 0 Å². The van der Waals surface area contributed by atoms with Gasteiger partial charge >= 0.3 is 0 Å². The van der Waals surface area contributed by atoms with Crippen LogP contribution in [-0.2, 0) is 14.9 Å². The molecular formula is C22H35N3O2. The number of aryl methyl sites for hydroxylation is 1. The van der Waals surface area contributed by atoms with Crippen LogP contribution in [0.2, 0.25) is 0 Å². The highest BCUT2D eigenvalue weighted by Gasteiger charge is 2.44. The molecule has 2 N–H and O–H groups in total. The SMILES string of the molecule is CCNC(=NCC1(c2ccccc2C)CC1)NCCCOCC1CCOC1. The van der Waals surface area contributed by atoms with Gasteiger partial charge in [-0.3, -0.25) is 4.99 Å². The molecule has 27 heavy (non-hydrogen) atoms. The summed E-state index contributed by atoms with van der Waals surface area (Å²) >= 11 is 0. The molecule has 0 spiro atoms. The molecule has 1 aliphatic heterocycles. The number of nitrogens with zero attached hydrogens (tertiary/aromatic N) is 1. The zero-order valence-corrected chi connectivity index (χ0v) is 16.9. The van der Waals surface area contributed by atoms with Crippen molar-refractivity contribution in [2.24, 2.45) is 10.9 Å². The molecule has 0 bridgehead atoms. The number of ether oxygens (including phenoxy) is 2. The first kappa shape index (κ1) is 20.2. The fourth-order valence-electron chi connectivity index (χ4n) is 3.75. The third-order valence-corrected chi connectivity index (χ3v) is 5.59. The van der Waals surface area contributed by atoms with E-state index in [2.05, 4.69) is 48.7 Å². The van der Waals surface area contributed by atoms with Crippen LogP contribution < -0.4 is 10.6 Å². The molecule has 1 heterocycles. The maximum absolute atomic E-state index is 5.77. The van der Waals surface area contributed by atoms with E-state index in [1.54, 1.807) is 0 Å². The van der Waals surface area contributed by atoms with E-state index >= 15 is 0 Å². The highest BCUT2D eigenvalue weighted by Crippen LogP contribution is 2.49. The number of rotatable bonds is 10. The van der Waals surface area contributed by atoms with Gasteiger partial charge in [-0.2, -0.15) is 0 Å². The van der Waals surface area contributed by atoms with E-state index in [9.17, 15) is 0 Å². The highest BCUT2D eigenvalue weighted by molar-refractivity contribution is 5.79. The van der Waals surface area contributed by atoms with Gasteiger partial charge < -0.3 is 20.1 Å². The van der Waals surface area contributed by atoms with Crippen LogP contribution >= 0.6 is 0 Å². The summed E-state index contributed by atoms with van der Waals surface area (Å²) in [5.41, 5.74) is 3.10. The molecule has 0 aromatic heterocycles. The van der Waals surface area contributed by atoms with Crippen molar-refractivity contribution in [3.8, 4) is 0 Å². The first-order valence-electron chi connectivity index (χ1n) is 10.5. The number of nitrogens with one attached hydrogen (secondary N) is 2. The Hall–Kier alpha value is -1.59. The largest absolute Gasteiger partial charge is 0.381 e. The lowest BCUT2D eigenvalue weighted by Crippen LogP contribution is -2.38. The van der Waals surface area contributed by atoms with E-state index < -0.39 is 0 Å². The molecule has 0 radical (unpaired) electrons. The van der Waals surface area contributed by atoms with Gasteiger partial charge in [0.05, 0.1) is 19.8 Å². The van der Waals surface area contributed by atoms with Crippen molar-refractivity contribution in [1.82, 2.24) is 10.6 Å². The Labute approximate surface area is 163 Å². The van der Waals surface area contributed by atoms with Crippen molar-refractivity contribution < 1.29 is 9.47 Å². The van der Waals surface area contributed by atoms with Crippen LogP contribution in [0.4, 0.5) is 0 Å². The van der Waals surface area contributed by atoms with Crippen molar-refractivity contribution in [1.29, 1.82) is 0 Å². The minimum Gasteiger partial charge on any atom is -0.381 e. The van der Waals surface area contributed by atoms with E-state index in [1.807, 2.05) is 0 Å². The van der Waals surface area contributed by atoms with E-state index in [0.717, 1.165) is 64.9 Å². The molecule has 0 amide bonds. The van der Waals surface area contributed by atoms with Crippen molar-refractivity contribution in [2.75, 3.05) is 46.1 Å². The molecule has 5 heteroatoms. The predicted octanol–water partition coefficient (Wildman–Crippen LogP) is 3.02. The minimum absolute atomic E-state index is 0.250. The number of benzene rings is 1. The minimum atomic E-state index is 0.250. The summed E-state index contributed by atoms with van der Waals surface area (Å²) in [5, 5.41) is 6.82. The van der Waals surface area contributed by atoms with Crippen LogP contribution in [0.3, 0.4) is 0 Å². The topological polar surface area (TPSA) is 54.9 Å². The molecule has 2 aliphatic rings. The van der Waals surface area contributed by atoms with E-state index in [4.69, 9.17) is 14.5 Å². The van der Waals surface area contributed by atoms with Gasteiger partial charge in [0.1, 0.15) is 0 Å². The van der Waals surface area contributed by atoms with E-state index in [0.29, 0.717) is 5.92 Å². The lowest BCUT2D eigenvalue weighted by Gasteiger charge is -2.18. The second kappa shape index (κ2) is 10.1. The number of hydrogen-bond donors (Lipinski definition) is 2. The summed E-state index contributed by atoms with van der Waals surface area (Å²) in [7, 11) is 0. The first-order chi connectivity index (χ1) is 13.2. The zero-order chi connectivity index (χ0) is 19.0. The Kier molecular flexibility index (Phi) is 7.53. The number of aliphatic imine (C=N–C) groups is 1. The Bertz CT molecular complexity index is 607. The molecule has 1 atom stereocenters. The Morgan fingerprint density at radius 2 is 2.15 bits per heavy atom. The smallest absolute Gasteiger partial charge is 0.191 e. The molecule has 1 aliphatic carbocycles. The summed E-state index contributed by atoms with van der Waals surface area (Å²) < 4.78 is 11.2. The fraction of sp³-hybridized carbons (Fsp3) is 0.682. The maximum atomic E-state index is 5.77. The number of hydrogen-bond acceptors (Lipinski definition) is 3. The zero-order valence-electron chi connectivity index (χ0n) is 16.9. The van der Waals surface area contributed by atoms with Crippen LogP contribution in [0.25, 0.3) is 0 Å². The summed E-state index contributed by atoms with van der Waals surface area (Å²) in [6, 6.07) is 8.74. The highest BCUT2D eigenvalue weighted by atomic mass is 16.5. The van der Waals surface area contributed by atoms with E-state index in [1.165, 1.54) is 24.0 Å². The second-order valence-corrected chi connectivity index (χ2v) is 7.88. The van der Waals surface area contributed by atoms with Crippen LogP contribution in [0, 0.1) is 12.8 Å². The molecule has 150 valence electrons. The van der Waals surface area contributed by atoms with E-state index in [-0.39, 0.29) is 5.41 Å². The summed E-state index contributed by atoms with van der Waals surface area (Å²) in [5.74, 6) is 1.51. The average molecular weight is 374 g/mol. The van der Waals surface area contributed by atoms with Crippen molar-refractivity contribution in [3.63, 3.8) is 0 Å². The molecule has 3 rings (SSSR count). The van der Waals surface area contributed by atoms with Crippen LogP contribution in [0.1, 0.15) is 43.7 Å². The third-order valence-electron chi connectivity index (χ3n) is 5.59. The molecule has 2 fully saturated rings. The monoisotopic (exact) mass is 373 g/mol. The molecule has 1 unspecified atom stereocenters. The van der Waals surface area contributed by atoms with Gasteiger partial charge in [-0.1, -0.05) is 24.3 Å². The predicted molar refractivity (Wildman–Crippen MR) is 110 cm³/mol. The summed E-state index contributed by atoms with van der Waals surface area (Å²) in [4.78, 5) is 4.88. The maximum Gasteiger partial charge on any atom is 0.191 e. The second-order valence-electron chi connectivity index (χ2n) is 7.88. The van der Waals surface area contributed by atoms with Crippen molar-refractivity contribution in [2.45, 2.75) is 44.9 Å². The van der Waals surface area contributed by atoms with Gasteiger partial charge in [0.25, 0.3) is 0 Å². The van der Waals surface area contributed by atoms with Gasteiger partial charge in [-0.15, -0.1) is 0 Å². The molecule has 1 aromatic rings. The summed E-state index contributed by atoms with van der Waals surface area (Å²) in [6.07, 6.45) is 4.60. The van der Waals surface area contributed by atoms with Gasteiger partial charge in [0.2, 0.25) is 0 Å². The number of guanidine groups is 1. The summed E-state index contributed by atoms with van der Waals surface area (Å²) in [6.45, 7) is 10.3. The quantitative estimate of drug-likeness (QED) is 0.376. The van der Waals surface area contributed by atoms with Crippen LogP contribution in [0.15, 0.2) is 29.3 Å². The van der Waals surface area contributed by atoms with Crippen molar-refractivity contribution in [3.05, 3.63) is 35.4 Å². The van der Waals surface area contributed by atoms with Gasteiger partial charge in [0.15, 0.2) is 5.96 Å². The lowest BCUT2D eigenvalue weighted by atomic mass is 9.92. The molecule has 1 saturated heterocycles. The Morgan fingerprint density at radius 3 is 2.85 bits per heavy atom. The molecule has 1 saturated carbocycles. The standard InChI is InChI=1S/C22H35N3O2/c1-3-23-21(24-12-6-13-26-15-19-9-14-27-16-19)25-17-22(10-11-22)20-8-5-4-7-18(20)2/h4-5,7-8,19H,3,6,9-17H2,1-2H3,(H2,23,24,25). The van der Waals surface area contributed by atoms with Crippen molar-refractivity contribution >= 4 is 5.96 Å². The molecular weight excluding hydrogens is 338 g/mol. The Balaban J connectivity index is 1.41. The molecule has 1 aromatic carbocycles. The fourth-order valence-corrected chi connectivity index (χ4v) is 3.75. The third kappa shape index (κ3) is 5.94. The van der Waals surface area contributed by atoms with Crippen LogP contribution in [-0.4, -0.2) is 52.0 Å². The average Bonchev–Trinajstić information content (AvgIpc) is 3.28. The Morgan fingerprint density at radius 1 is 1.30 bits per heavy atom. The normalized spacial score (nSPS) is 21.3. The lowest BCUT2D eigenvalue weighted by molar-refractivity contribution is 0.0888. The van der Waals surface area contributed by atoms with Crippen LogP contribution in [0.5, 0.6) is 0 Å². The molecule has 5 nitrogen and oxygen atoms in total. The first-order valence-corrected chi connectivity index (χ1v) is 10.5. The van der Waals surface area contributed by atoms with Gasteiger partial charge in [-0.05, 0) is 50.7 Å².